The molecule has 0 radical (unpaired) electrons. The van der Waals surface area contributed by atoms with Gasteiger partial charge < -0.3 is 10.6 Å². The number of nitrogens with zero attached hydrogens (tertiary/aromatic N) is 1. The molecule has 2 N–H and O–H groups in total. The van der Waals surface area contributed by atoms with Crippen molar-refractivity contribution in [1.82, 2.24) is 10.2 Å². The van der Waals surface area contributed by atoms with Gasteiger partial charge in [-0.05, 0) is 73.1 Å². The molecule has 172 valence electrons. The summed E-state index contributed by atoms with van der Waals surface area (Å²) in [5.41, 5.74) is 3.00. The van der Waals surface area contributed by atoms with Gasteiger partial charge in [0.1, 0.15) is 5.54 Å². The minimum Gasteiger partial charge on any atom is -0.326 e. The van der Waals surface area contributed by atoms with Gasteiger partial charge in [0, 0.05) is 17.7 Å². The fraction of sp³-hybridized carbons (Fsp3) is 0.385. The Bertz CT molecular complexity index is 1120. The largest absolute Gasteiger partial charge is 0.326 e. The van der Waals surface area contributed by atoms with E-state index in [2.05, 4.69) is 10.6 Å². The smallest absolute Gasteiger partial charge is 0.325 e. The molecule has 7 nitrogen and oxygen atoms in total. The fourth-order valence-corrected chi connectivity index (χ4v) is 4.48. The second-order valence-corrected chi connectivity index (χ2v) is 9.43. The van der Waals surface area contributed by atoms with Crippen molar-refractivity contribution in [2.45, 2.75) is 52.0 Å². The van der Waals surface area contributed by atoms with Crippen LogP contribution in [0.25, 0.3) is 0 Å². The molecular weight excluding hydrogens is 418 g/mol. The van der Waals surface area contributed by atoms with Crippen LogP contribution in [0.1, 0.15) is 60.7 Å². The summed E-state index contributed by atoms with van der Waals surface area (Å²) in [6, 6.07) is 11.8. The first-order chi connectivity index (χ1) is 15.7. The summed E-state index contributed by atoms with van der Waals surface area (Å²) in [5.74, 6) is -0.625. The molecule has 1 unspecified atom stereocenters. The van der Waals surface area contributed by atoms with E-state index in [4.69, 9.17) is 0 Å². The quantitative estimate of drug-likeness (QED) is 0.498. The van der Waals surface area contributed by atoms with Gasteiger partial charge in [0.25, 0.3) is 5.91 Å². The number of imide groups is 1. The van der Waals surface area contributed by atoms with Crippen LogP contribution in [0.15, 0.2) is 42.5 Å². The van der Waals surface area contributed by atoms with Crippen LogP contribution in [0.4, 0.5) is 10.5 Å². The van der Waals surface area contributed by atoms with E-state index in [0.717, 1.165) is 29.7 Å². The zero-order chi connectivity index (χ0) is 23.8. The number of amides is 4. The van der Waals surface area contributed by atoms with Crippen LogP contribution in [-0.2, 0) is 28.0 Å². The third kappa shape index (κ3) is 4.53. The van der Waals surface area contributed by atoms with Crippen molar-refractivity contribution < 1.29 is 19.2 Å². The molecule has 1 saturated heterocycles. The SMILES string of the molecule is CC(C)CC(=O)Nc1ccc(C(=O)CN2C(=O)NC(C)(c3ccc4c(c3)CCC4)C2=O)cc1. The van der Waals surface area contributed by atoms with Crippen LogP contribution in [0.2, 0.25) is 0 Å². The number of hydrogen-bond donors (Lipinski definition) is 2. The van der Waals surface area contributed by atoms with Gasteiger partial charge in [-0.25, -0.2) is 4.79 Å². The van der Waals surface area contributed by atoms with Crippen LogP contribution in [-0.4, -0.2) is 35.1 Å². The van der Waals surface area contributed by atoms with E-state index in [1.165, 1.54) is 11.1 Å². The maximum Gasteiger partial charge on any atom is 0.325 e. The third-order valence-electron chi connectivity index (χ3n) is 6.34. The maximum atomic E-state index is 13.2. The summed E-state index contributed by atoms with van der Waals surface area (Å²) in [4.78, 5) is 51.6. The second kappa shape index (κ2) is 8.81. The Balaban J connectivity index is 1.44. The Morgan fingerprint density at radius 1 is 1.06 bits per heavy atom. The summed E-state index contributed by atoms with van der Waals surface area (Å²) in [6.07, 6.45) is 3.51. The molecule has 2 aliphatic rings. The number of fused-ring (bicyclic) bond motifs is 1. The van der Waals surface area contributed by atoms with Gasteiger partial charge in [-0.15, -0.1) is 0 Å². The van der Waals surface area contributed by atoms with Crippen molar-refractivity contribution in [3.8, 4) is 0 Å². The van der Waals surface area contributed by atoms with Crippen LogP contribution >= 0.6 is 0 Å². The summed E-state index contributed by atoms with van der Waals surface area (Å²) >= 11 is 0. The normalized spacial score (nSPS) is 19.6. The fourth-order valence-electron chi connectivity index (χ4n) is 4.48. The molecule has 1 aliphatic carbocycles. The lowest BCUT2D eigenvalue weighted by Crippen LogP contribution is -2.41. The van der Waals surface area contributed by atoms with E-state index in [0.29, 0.717) is 17.7 Å². The summed E-state index contributed by atoms with van der Waals surface area (Å²) in [5, 5.41) is 5.57. The van der Waals surface area contributed by atoms with Gasteiger partial charge >= 0.3 is 6.03 Å². The van der Waals surface area contributed by atoms with Crippen molar-refractivity contribution in [2.24, 2.45) is 5.92 Å². The van der Waals surface area contributed by atoms with Crippen molar-refractivity contribution in [3.63, 3.8) is 0 Å². The first kappa shape index (κ1) is 22.7. The molecule has 1 atom stereocenters. The molecular formula is C26H29N3O4. The predicted molar refractivity (Wildman–Crippen MR) is 125 cm³/mol. The standard InChI is InChI=1S/C26H29N3O4/c1-16(2)13-23(31)27-21-11-8-18(9-12-21)22(30)15-29-24(32)26(3,28-25(29)33)20-10-7-17-5-4-6-19(17)14-20/h7-12,14,16H,4-6,13,15H2,1-3H3,(H,27,31)(H,28,33). The van der Waals surface area contributed by atoms with Gasteiger partial charge in [-0.1, -0.05) is 32.0 Å². The molecule has 7 heteroatoms. The van der Waals surface area contributed by atoms with Crippen molar-refractivity contribution in [1.29, 1.82) is 0 Å². The number of benzene rings is 2. The monoisotopic (exact) mass is 447 g/mol. The van der Waals surface area contributed by atoms with Crippen LogP contribution in [0.3, 0.4) is 0 Å². The number of ketones is 1. The number of anilines is 1. The summed E-state index contributed by atoms with van der Waals surface area (Å²) in [7, 11) is 0. The average molecular weight is 448 g/mol. The number of urea groups is 1. The second-order valence-electron chi connectivity index (χ2n) is 9.43. The minimum atomic E-state index is -1.19. The van der Waals surface area contributed by atoms with Crippen molar-refractivity contribution >= 4 is 29.3 Å². The van der Waals surface area contributed by atoms with Gasteiger partial charge in [0.05, 0.1) is 6.54 Å². The molecule has 33 heavy (non-hydrogen) atoms. The number of nitrogens with one attached hydrogen (secondary N) is 2. The highest BCUT2D eigenvalue weighted by atomic mass is 16.2. The number of aryl methyl sites for hydroxylation is 2. The number of carbonyl (C=O) groups is 4. The molecule has 2 aromatic rings. The highest BCUT2D eigenvalue weighted by Crippen LogP contribution is 2.32. The van der Waals surface area contributed by atoms with Gasteiger partial charge in [-0.2, -0.15) is 0 Å². The Morgan fingerprint density at radius 2 is 1.76 bits per heavy atom. The van der Waals surface area contributed by atoms with Crippen molar-refractivity contribution in [2.75, 3.05) is 11.9 Å². The van der Waals surface area contributed by atoms with E-state index in [1.807, 2.05) is 32.0 Å². The zero-order valence-corrected chi connectivity index (χ0v) is 19.2. The maximum absolute atomic E-state index is 13.2. The Labute approximate surface area is 193 Å². The lowest BCUT2D eigenvalue weighted by atomic mass is 9.89. The van der Waals surface area contributed by atoms with E-state index in [-0.39, 0.29) is 24.2 Å². The lowest BCUT2D eigenvalue weighted by Gasteiger charge is -2.23. The highest BCUT2D eigenvalue weighted by Gasteiger charge is 2.49. The molecule has 0 saturated carbocycles. The zero-order valence-electron chi connectivity index (χ0n) is 19.2. The van der Waals surface area contributed by atoms with E-state index in [9.17, 15) is 19.2 Å². The summed E-state index contributed by atoms with van der Waals surface area (Å²) < 4.78 is 0. The molecule has 0 aromatic heterocycles. The Morgan fingerprint density at radius 3 is 2.45 bits per heavy atom. The Hall–Kier alpha value is -3.48. The average Bonchev–Trinajstić information content (AvgIpc) is 3.32. The molecule has 2 aromatic carbocycles. The van der Waals surface area contributed by atoms with E-state index in [1.54, 1.807) is 31.2 Å². The van der Waals surface area contributed by atoms with Gasteiger partial charge in [0.15, 0.2) is 5.78 Å². The molecule has 1 fully saturated rings. The molecule has 4 amide bonds. The predicted octanol–water partition coefficient (Wildman–Crippen LogP) is 3.81. The number of hydrogen-bond acceptors (Lipinski definition) is 4. The van der Waals surface area contributed by atoms with Crippen LogP contribution < -0.4 is 10.6 Å². The number of carbonyl (C=O) groups excluding carboxylic acids is 4. The highest BCUT2D eigenvalue weighted by molar-refractivity contribution is 6.11. The van der Waals surface area contributed by atoms with E-state index < -0.39 is 17.5 Å². The van der Waals surface area contributed by atoms with Crippen LogP contribution in [0, 0.1) is 5.92 Å². The molecule has 4 rings (SSSR count). The number of rotatable bonds is 7. The first-order valence-electron chi connectivity index (χ1n) is 11.4. The van der Waals surface area contributed by atoms with Gasteiger partial charge in [-0.3, -0.25) is 19.3 Å². The Kier molecular flexibility index (Phi) is 6.06. The van der Waals surface area contributed by atoms with Gasteiger partial charge in [0.2, 0.25) is 5.91 Å². The van der Waals surface area contributed by atoms with Crippen LogP contribution in [0.5, 0.6) is 0 Å². The molecule has 0 bridgehead atoms. The molecule has 0 spiro atoms. The molecule has 1 heterocycles. The summed E-state index contributed by atoms with van der Waals surface area (Å²) in [6.45, 7) is 5.27. The van der Waals surface area contributed by atoms with E-state index >= 15 is 0 Å². The molecule has 1 aliphatic heterocycles. The minimum absolute atomic E-state index is 0.0887. The van der Waals surface area contributed by atoms with Crippen molar-refractivity contribution in [3.05, 3.63) is 64.7 Å². The third-order valence-corrected chi connectivity index (χ3v) is 6.34. The first-order valence-corrected chi connectivity index (χ1v) is 11.4. The topological polar surface area (TPSA) is 95.6 Å². The number of Topliss-reactive ketones (excluding diaryl/α,β-unsaturated/α-hetero) is 1. The lowest BCUT2D eigenvalue weighted by molar-refractivity contribution is -0.130.